The fourth-order valence-corrected chi connectivity index (χ4v) is 4.12. The Kier molecular flexibility index (Phi) is 7.47. The lowest BCUT2D eigenvalue weighted by molar-refractivity contribution is -0.122. The zero-order chi connectivity index (χ0) is 17.4. The van der Waals surface area contributed by atoms with Crippen molar-refractivity contribution < 1.29 is 9.53 Å². The highest BCUT2D eigenvalue weighted by Crippen LogP contribution is 2.27. The standard InChI is InChI=1S/C20H31NO2S/c1-20(2,3)16-9-11-17(12-10-16)23-15-19(22)21-13-14-24-18-7-5-4-6-8-18/h9-12,18H,4-8,13-15H2,1-3H3,(H,21,22). The fraction of sp³-hybridized carbons (Fsp3) is 0.650. The molecule has 1 aromatic carbocycles. The van der Waals surface area contributed by atoms with Crippen LogP contribution in [0.5, 0.6) is 5.75 Å². The minimum atomic E-state index is -0.0425. The summed E-state index contributed by atoms with van der Waals surface area (Å²) in [5, 5.41) is 3.74. The molecule has 1 N–H and O–H groups in total. The number of ether oxygens (including phenoxy) is 1. The molecule has 0 aromatic heterocycles. The van der Waals surface area contributed by atoms with Gasteiger partial charge >= 0.3 is 0 Å². The second-order valence-electron chi connectivity index (χ2n) is 7.54. The Labute approximate surface area is 150 Å². The van der Waals surface area contributed by atoms with Crippen LogP contribution >= 0.6 is 11.8 Å². The van der Waals surface area contributed by atoms with E-state index in [0.717, 1.165) is 23.3 Å². The van der Waals surface area contributed by atoms with E-state index < -0.39 is 0 Å². The number of carbonyl (C=O) groups is 1. The third-order valence-electron chi connectivity index (χ3n) is 4.42. The number of thioether (sulfide) groups is 1. The van der Waals surface area contributed by atoms with Crippen molar-refractivity contribution in [2.24, 2.45) is 0 Å². The normalized spacial score (nSPS) is 16.0. The molecule has 0 bridgehead atoms. The van der Waals surface area contributed by atoms with Gasteiger partial charge in [-0.2, -0.15) is 11.8 Å². The van der Waals surface area contributed by atoms with Crippen LogP contribution in [0.15, 0.2) is 24.3 Å². The van der Waals surface area contributed by atoms with Crippen LogP contribution in [0.4, 0.5) is 0 Å². The maximum absolute atomic E-state index is 11.8. The van der Waals surface area contributed by atoms with Crippen LogP contribution in [0, 0.1) is 0 Å². The highest BCUT2D eigenvalue weighted by molar-refractivity contribution is 7.99. The molecule has 0 radical (unpaired) electrons. The quantitative estimate of drug-likeness (QED) is 0.734. The molecular formula is C20H31NO2S. The minimum Gasteiger partial charge on any atom is -0.484 e. The third-order valence-corrected chi connectivity index (χ3v) is 5.80. The van der Waals surface area contributed by atoms with Crippen molar-refractivity contribution in [2.75, 3.05) is 18.9 Å². The van der Waals surface area contributed by atoms with Crippen LogP contribution in [0.25, 0.3) is 0 Å². The maximum atomic E-state index is 11.8. The SMILES string of the molecule is CC(C)(C)c1ccc(OCC(=O)NCCSC2CCCCC2)cc1. The number of nitrogens with one attached hydrogen (secondary N) is 1. The molecule has 0 aliphatic heterocycles. The Morgan fingerprint density at radius 3 is 2.46 bits per heavy atom. The van der Waals surface area contributed by atoms with E-state index in [1.165, 1.54) is 37.7 Å². The van der Waals surface area contributed by atoms with Crippen LogP contribution in [0.2, 0.25) is 0 Å². The molecule has 1 aromatic rings. The molecule has 0 unspecified atom stereocenters. The smallest absolute Gasteiger partial charge is 0.257 e. The third kappa shape index (κ3) is 6.76. The van der Waals surface area contributed by atoms with E-state index in [4.69, 9.17) is 4.74 Å². The average molecular weight is 350 g/mol. The van der Waals surface area contributed by atoms with Gasteiger partial charge in [-0.3, -0.25) is 4.79 Å². The molecule has 3 nitrogen and oxygen atoms in total. The van der Waals surface area contributed by atoms with Gasteiger partial charge in [0.15, 0.2) is 6.61 Å². The van der Waals surface area contributed by atoms with E-state index in [1.54, 1.807) is 0 Å². The molecule has 2 rings (SSSR count). The lowest BCUT2D eigenvalue weighted by Crippen LogP contribution is -2.31. The second-order valence-corrected chi connectivity index (χ2v) is 8.95. The van der Waals surface area contributed by atoms with Crippen molar-refractivity contribution in [3.8, 4) is 5.75 Å². The first kappa shape index (κ1) is 19.2. The zero-order valence-corrected chi connectivity index (χ0v) is 16.1. The van der Waals surface area contributed by atoms with Gasteiger partial charge in [-0.25, -0.2) is 0 Å². The van der Waals surface area contributed by atoms with Gasteiger partial charge in [-0.1, -0.05) is 52.2 Å². The van der Waals surface area contributed by atoms with Gasteiger partial charge in [0.05, 0.1) is 0 Å². The Balaban J connectivity index is 1.60. The summed E-state index contributed by atoms with van der Waals surface area (Å²) in [4.78, 5) is 11.8. The second kappa shape index (κ2) is 9.36. The number of amides is 1. The molecule has 1 saturated carbocycles. The van der Waals surface area contributed by atoms with E-state index in [9.17, 15) is 4.79 Å². The largest absolute Gasteiger partial charge is 0.484 e. The highest BCUT2D eigenvalue weighted by atomic mass is 32.2. The van der Waals surface area contributed by atoms with Crippen molar-refractivity contribution in [3.63, 3.8) is 0 Å². The first-order valence-corrected chi connectivity index (χ1v) is 10.1. The van der Waals surface area contributed by atoms with Gasteiger partial charge < -0.3 is 10.1 Å². The van der Waals surface area contributed by atoms with Crippen molar-refractivity contribution in [1.82, 2.24) is 5.32 Å². The van der Waals surface area contributed by atoms with E-state index in [1.807, 2.05) is 23.9 Å². The first-order chi connectivity index (χ1) is 11.4. The lowest BCUT2D eigenvalue weighted by atomic mass is 9.87. The molecule has 0 spiro atoms. The van der Waals surface area contributed by atoms with E-state index in [0.29, 0.717) is 0 Å². The predicted molar refractivity (Wildman–Crippen MR) is 103 cm³/mol. The molecule has 1 aliphatic carbocycles. The van der Waals surface area contributed by atoms with Crippen molar-refractivity contribution >= 4 is 17.7 Å². The Hall–Kier alpha value is -1.16. The number of carbonyl (C=O) groups excluding carboxylic acids is 1. The summed E-state index contributed by atoms with van der Waals surface area (Å²) in [6.45, 7) is 7.36. The van der Waals surface area contributed by atoms with E-state index in [-0.39, 0.29) is 17.9 Å². The maximum Gasteiger partial charge on any atom is 0.257 e. The van der Waals surface area contributed by atoms with Gasteiger partial charge in [0.25, 0.3) is 5.91 Å². The van der Waals surface area contributed by atoms with Gasteiger partial charge in [-0.15, -0.1) is 0 Å². The van der Waals surface area contributed by atoms with Crippen molar-refractivity contribution in [3.05, 3.63) is 29.8 Å². The molecule has 4 heteroatoms. The number of benzene rings is 1. The Morgan fingerprint density at radius 2 is 1.83 bits per heavy atom. The monoisotopic (exact) mass is 349 g/mol. The average Bonchev–Trinajstić information content (AvgIpc) is 2.57. The summed E-state index contributed by atoms with van der Waals surface area (Å²) in [6.07, 6.45) is 6.80. The topological polar surface area (TPSA) is 38.3 Å². The summed E-state index contributed by atoms with van der Waals surface area (Å²) in [6, 6.07) is 8.00. The van der Waals surface area contributed by atoms with E-state index in [2.05, 4.69) is 38.2 Å². The van der Waals surface area contributed by atoms with Gasteiger partial charge in [0, 0.05) is 17.5 Å². The Bertz CT molecular complexity index is 501. The van der Waals surface area contributed by atoms with Crippen LogP contribution in [0.3, 0.4) is 0 Å². The molecule has 1 amide bonds. The van der Waals surface area contributed by atoms with Gasteiger partial charge in [0.1, 0.15) is 5.75 Å². The van der Waals surface area contributed by atoms with Crippen LogP contribution in [0.1, 0.15) is 58.4 Å². The predicted octanol–water partition coefficient (Wildman–Crippen LogP) is 4.55. The van der Waals surface area contributed by atoms with Crippen LogP contribution in [-0.4, -0.2) is 30.1 Å². The van der Waals surface area contributed by atoms with Crippen molar-refractivity contribution in [1.29, 1.82) is 0 Å². The summed E-state index contributed by atoms with van der Waals surface area (Å²) >= 11 is 2.00. The van der Waals surface area contributed by atoms with Crippen LogP contribution in [-0.2, 0) is 10.2 Å². The zero-order valence-electron chi connectivity index (χ0n) is 15.3. The Morgan fingerprint density at radius 1 is 1.17 bits per heavy atom. The van der Waals surface area contributed by atoms with Gasteiger partial charge in [-0.05, 0) is 36.0 Å². The molecule has 0 atom stereocenters. The molecule has 1 aliphatic rings. The molecule has 1 fully saturated rings. The summed E-state index contributed by atoms with van der Waals surface area (Å²) in [7, 11) is 0. The van der Waals surface area contributed by atoms with Gasteiger partial charge in [0.2, 0.25) is 0 Å². The number of hydrogen-bond acceptors (Lipinski definition) is 3. The highest BCUT2D eigenvalue weighted by Gasteiger charge is 2.14. The molecule has 24 heavy (non-hydrogen) atoms. The summed E-state index contributed by atoms with van der Waals surface area (Å²) < 4.78 is 5.56. The van der Waals surface area contributed by atoms with Crippen LogP contribution < -0.4 is 10.1 Å². The molecule has 134 valence electrons. The fourth-order valence-electron chi connectivity index (χ4n) is 2.90. The minimum absolute atomic E-state index is 0.0425. The summed E-state index contributed by atoms with van der Waals surface area (Å²) in [5.74, 6) is 1.70. The lowest BCUT2D eigenvalue weighted by Gasteiger charge is -2.20. The first-order valence-electron chi connectivity index (χ1n) is 9.07. The molecule has 0 saturated heterocycles. The van der Waals surface area contributed by atoms with Crippen molar-refractivity contribution in [2.45, 2.75) is 63.5 Å². The molecule has 0 heterocycles. The summed E-state index contributed by atoms with van der Waals surface area (Å²) in [5.41, 5.74) is 1.39. The number of rotatable bonds is 7. The molecular weight excluding hydrogens is 318 g/mol. The number of hydrogen-bond donors (Lipinski definition) is 1. The van der Waals surface area contributed by atoms with E-state index >= 15 is 0 Å².